The van der Waals surface area contributed by atoms with E-state index in [2.05, 4.69) is 23.7 Å². The van der Waals surface area contributed by atoms with Crippen molar-refractivity contribution in [1.29, 1.82) is 0 Å². The summed E-state index contributed by atoms with van der Waals surface area (Å²) in [6.45, 7) is 0. The van der Waals surface area contributed by atoms with Gasteiger partial charge in [0.2, 0.25) is 0 Å². The average Bonchev–Trinajstić information content (AvgIpc) is 2.43. The normalized spacial score (nSPS) is 8.95. The summed E-state index contributed by atoms with van der Waals surface area (Å²) in [5, 5.41) is 0. The molecule has 0 bridgehead atoms. The van der Waals surface area contributed by atoms with E-state index < -0.39 is 0 Å². The van der Waals surface area contributed by atoms with Crippen LogP contribution < -0.4 is 0 Å². The van der Waals surface area contributed by atoms with Gasteiger partial charge in [0, 0.05) is 11.1 Å². The summed E-state index contributed by atoms with van der Waals surface area (Å²) in [5.41, 5.74) is 1.51. The molecule has 0 aliphatic heterocycles. The second-order valence-electron chi connectivity index (χ2n) is 3.79. The average molecular weight is 252 g/mol. The lowest BCUT2D eigenvalue weighted by molar-refractivity contribution is 0.627. The summed E-state index contributed by atoms with van der Waals surface area (Å²) >= 11 is 0. The third-order valence-electron chi connectivity index (χ3n) is 2.33. The van der Waals surface area contributed by atoms with Crippen molar-refractivity contribution in [3.63, 3.8) is 0 Å². The molecule has 0 saturated heterocycles. The van der Waals surface area contributed by atoms with Crippen molar-refractivity contribution in [2.24, 2.45) is 0 Å². The van der Waals surface area contributed by atoms with Crippen LogP contribution in [0.25, 0.3) is 0 Å². The Morgan fingerprint density at radius 2 is 1.00 bits per heavy atom. The Labute approximate surface area is 111 Å². The van der Waals surface area contributed by atoms with Gasteiger partial charge in [-0.15, -0.1) is 0 Å². The lowest BCUT2D eigenvalue weighted by Gasteiger charge is -1.89. The SMILES string of the molecule is Fc1ccc(C#CCC#Cc2ccc(F)cc2)cc1. The van der Waals surface area contributed by atoms with Crippen LogP contribution in [0.3, 0.4) is 0 Å². The molecule has 0 nitrogen and oxygen atoms in total. The molecule has 0 aromatic heterocycles. The molecule has 0 heterocycles. The summed E-state index contributed by atoms with van der Waals surface area (Å²) in [4.78, 5) is 0. The number of hydrogen-bond donors (Lipinski definition) is 0. The minimum Gasteiger partial charge on any atom is -0.207 e. The maximum absolute atomic E-state index is 12.6. The lowest BCUT2D eigenvalue weighted by Crippen LogP contribution is -1.76. The number of halogens is 2. The van der Waals surface area contributed by atoms with E-state index >= 15 is 0 Å². The Hall–Kier alpha value is -2.58. The fourth-order valence-corrected chi connectivity index (χ4v) is 1.40. The van der Waals surface area contributed by atoms with Crippen molar-refractivity contribution in [3.8, 4) is 23.7 Å². The zero-order chi connectivity index (χ0) is 13.5. The molecule has 0 amide bonds. The van der Waals surface area contributed by atoms with Gasteiger partial charge in [0.1, 0.15) is 11.6 Å². The van der Waals surface area contributed by atoms with Gasteiger partial charge in [0.05, 0.1) is 6.42 Å². The van der Waals surface area contributed by atoms with E-state index in [0.717, 1.165) is 11.1 Å². The molecule has 2 heteroatoms. The van der Waals surface area contributed by atoms with Gasteiger partial charge in [-0.1, -0.05) is 23.7 Å². The van der Waals surface area contributed by atoms with Crippen molar-refractivity contribution < 1.29 is 8.78 Å². The van der Waals surface area contributed by atoms with Crippen LogP contribution in [-0.2, 0) is 0 Å². The van der Waals surface area contributed by atoms with Crippen molar-refractivity contribution in [1.82, 2.24) is 0 Å². The van der Waals surface area contributed by atoms with Crippen molar-refractivity contribution >= 4 is 0 Å². The predicted molar refractivity (Wildman–Crippen MR) is 71.2 cm³/mol. The van der Waals surface area contributed by atoms with Crippen LogP contribution in [-0.4, -0.2) is 0 Å². The van der Waals surface area contributed by atoms with Crippen molar-refractivity contribution in [2.75, 3.05) is 0 Å². The summed E-state index contributed by atoms with van der Waals surface area (Å²) in [7, 11) is 0. The molecule has 0 saturated carbocycles. The lowest BCUT2D eigenvalue weighted by atomic mass is 10.2. The highest BCUT2D eigenvalue weighted by Crippen LogP contribution is 2.01. The molecule has 19 heavy (non-hydrogen) atoms. The molecular weight excluding hydrogens is 242 g/mol. The Morgan fingerprint density at radius 1 is 0.632 bits per heavy atom. The smallest absolute Gasteiger partial charge is 0.123 e. The molecule has 0 aliphatic carbocycles. The van der Waals surface area contributed by atoms with E-state index in [9.17, 15) is 8.78 Å². The number of rotatable bonds is 0. The zero-order valence-electron chi connectivity index (χ0n) is 10.1. The quantitative estimate of drug-likeness (QED) is 0.626. The molecule has 0 fully saturated rings. The Morgan fingerprint density at radius 3 is 1.37 bits per heavy atom. The van der Waals surface area contributed by atoms with Crippen LogP contribution >= 0.6 is 0 Å². The topological polar surface area (TPSA) is 0 Å². The summed E-state index contributed by atoms with van der Waals surface area (Å²) in [6, 6.07) is 12.0. The van der Waals surface area contributed by atoms with Gasteiger partial charge in [0.15, 0.2) is 0 Å². The summed E-state index contributed by atoms with van der Waals surface area (Å²) in [5.74, 6) is 11.0. The van der Waals surface area contributed by atoms with E-state index in [1.54, 1.807) is 24.3 Å². The molecule has 0 unspecified atom stereocenters. The molecule has 92 valence electrons. The van der Waals surface area contributed by atoms with Crippen LogP contribution in [0.15, 0.2) is 48.5 Å². The first-order valence-corrected chi connectivity index (χ1v) is 5.73. The second kappa shape index (κ2) is 6.38. The third kappa shape index (κ3) is 4.30. The van der Waals surface area contributed by atoms with E-state index in [-0.39, 0.29) is 11.6 Å². The van der Waals surface area contributed by atoms with Crippen LogP contribution in [0.5, 0.6) is 0 Å². The van der Waals surface area contributed by atoms with Crippen LogP contribution in [0.4, 0.5) is 8.78 Å². The number of hydrogen-bond acceptors (Lipinski definition) is 0. The molecule has 2 aromatic carbocycles. The van der Waals surface area contributed by atoms with Crippen molar-refractivity contribution in [2.45, 2.75) is 6.42 Å². The summed E-state index contributed by atoms with van der Waals surface area (Å²) < 4.78 is 25.3. The fourth-order valence-electron chi connectivity index (χ4n) is 1.40. The molecule has 2 rings (SSSR count). The van der Waals surface area contributed by atoms with Gasteiger partial charge in [0.25, 0.3) is 0 Å². The molecule has 0 spiro atoms. The van der Waals surface area contributed by atoms with Gasteiger partial charge in [-0.3, -0.25) is 0 Å². The van der Waals surface area contributed by atoms with Crippen LogP contribution in [0, 0.1) is 35.3 Å². The van der Waals surface area contributed by atoms with E-state index in [1.807, 2.05) is 0 Å². The number of benzene rings is 2. The van der Waals surface area contributed by atoms with Gasteiger partial charge in [-0.05, 0) is 48.5 Å². The molecule has 0 radical (unpaired) electrons. The van der Waals surface area contributed by atoms with Crippen molar-refractivity contribution in [3.05, 3.63) is 71.3 Å². The first kappa shape index (κ1) is 12.9. The maximum Gasteiger partial charge on any atom is 0.123 e. The molecule has 0 aliphatic rings. The highest BCUT2D eigenvalue weighted by Gasteiger charge is 1.88. The van der Waals surface area contributed by atoms with E-state index in [4.69, 9.17) is 0 Å². The first-order chi connectivity index (χ1) is 9.24. The maximum atomic E-state index is 12.6. The van der Waals surface area contributed by atoms with E-state index in [0.29, 0.717) is 6.42 Å². The van der Waals surface area contributed by atoms with Gasteiger partial charge >= 0.3 is 0 Å². The standard InChI is InChI=1S/C17H10F2/c18-16-10-6-14(7-11-16)4-2-1-3-5-15-8-12-17(19)13-9-15/h6-13H,1H2. The second-order valence-corrected chi connectivity index (χ2v) is 3.79. The van der Waals surface area contributed by atoms with Gasteiger partial charge in [-0.25, -0.2) is 8.78 Å². The molecule has 0 N–H and O–H groups in total. The highest BCUT2D eigenvalue weighted by atomic mass is 19.1. The first-order valence-electron chi connectivity index (χ1n) is 5.73. The van der Waals surface area contributed by atoms with Gasteiger partial charge in [-0.2, -0.15) is 0 Å². The zero-order valence-corrected chi connectivity index (χ0v) is 10.1. The minimum atomic E-state index is -0.276. The van der Waals surface area contributed by atoms with Gasteiger partial charge < -0.3 is 0 Å². The molecular formula is C17H10F2. The Kier molecular flexibility index (Phi) is 4.32. The Bertz CT molecular complexity index is 598. The fraction of sp³-hybridized carbons (Fsp3) is 0.0588. The predicted octanol–water partition coefficient (Wildman–Crippen LogP) is 3.76. The monoisotopic (exact) mass is 252 g/mol. The third-order valence-corrected chi connectivity index (χ3v) is 2.33. The van der Waals surface area contributed by atoms with E-state index in [1.165, 1.54) is 24.3 Å². The summed E-state index contributed by atoms with van der Waals surface area (Å²) in [6.07, 6.45) is 0.411. The van der Waals surface area contributed by atoms with Crippen LogP contribution in [0.1, 0.15) is 17.5 Å². The molecule has 2 aromatic rings. The molecule has 0 atom stereocenters. The highest BCUT2D eigenvalue weighted by molar-refractivity contribution is 5.37. The van der Waals surface area contributed by atoms with Crippen LogP contribution in [0.2, 0.25) is 0 Å². The Balaban J connectivity index is 1.94. The largest absolute Gasteiger partial charge is 0.207 e. The minimum absolute atomic E-state index is 0.276.